The molecule has 2 unspecified atom stereocenters. The predicted octanol–water partition coefficient (Wildman–Crippen LogP) is 7.58. The number of benzene rings is 3. The average Bonchev–Trinajstić information content (AvgIpc) is 3.38. The van der Waals surface area contributed by atoms with Crippen molar-refractivity contribution in [1.29, 1.82) is 0 Å². The van der Waals surface area contributed by atoms with Crippen LogP contribution in [0.5, 0.6) is 5.75 Å². The highest BCUT2D eigenvalue weighted by Crippen LogP contribution is 2.43. The third kappa shape index (κ3) is 7.29. The fraction of sp³-hybridized carbons (Fsp3) is 0.265. The van der Waals surface area contributed by atoms with Crippen molar-refractivity contribution in [2.24, 2.45) is 0 Å². The Balaban J connectivity index is 1.28. The number of hydrogen-bond donors (Lipinski definition) is 2. The molecule has 43 heavy (non-hydrogen) atoms. The topological polar surface area (TPSA) is 93.7 Å². The lowest BCUT2D eigenvalue weighted by molar-refractivity contribution is -0.115. The first-order valence-corrected chi connectivity index (χ1v) is 16.0. The van der Waals surface area contributed by atoms with Gasteiger partial charge in [0.1, 0.15) is 10.8 Å². The summed E-state index contributed by atoms with van der Waals surface area (Å²) in [5, 5.41) is 6.03. The van der Waals surface area contributed by atoms with Crippen LogP contribution in [0.4, 0.5) is 10.7 Å². The van der Waals surface area contributed by atoms with E-state index in [1.54, 1.807) is 44.4 Å². The van der Waals surface area contributed by atoms with Crippen LogP contribution in [-0.4, -0.2) is 36.8 Å². The number of thiophene rings is 1. The zero-order valence-corrected chi connectivity index (χ0v) is 26.0. The summed E-state index contributed by atoms with van der Waals surface area (Å²) in [5.41, 5.74) is 3.87. The van der Waals surface area contributed by atoms with E-state index in [4.69, 9.17) is 9.47 Å². The van der Waals surface area contributed by atoms with Crippen LogP contribution in [0.2, 0.25) is 0 Å². The lowest BCUT2D eigenvalue weighted by Gasteiger charge is -2.23. The molecule has 2 N–H and O–H groups in total. The summed E-state index contributed by atoms with van der Waals surface area (Å²) < 4.78 is 10.6. The van der Waals surface area contributed by atoms with E-state index in [1.165, 1.54) is 28.7 Å². The number of thioether (sulfide) groups is 1. The maximum absolute atomic E-state index is 13.4. The molecule has 2 amide bonds. The van der Waals surface area contributed by atoms with Crippen molar-refractivity contribution in [3.63, 3.8) is 0 Å². The Labute approximate surface area is 260 Å². The first-order chi connectivity index (χ1) is 20.9. The molecule has 9 heteroatoms. The van der Waals surface area contributed by atoms with E-state index < -0.39 is 11.2 Å². The van der Waals surface area contributed by atoms with Crippen molar-refractivity contribution < 1.29 is 23.9 Å². The molecule has 0 fully saturated rings. The number of carbonyl (C=O) groups is 3. The molecule has 5 rings (SSSR count). The first kappa shape index (κ1) is 30.4. The Bertz CT molecular complexity index is 1620. The summed E-state index contributed by atoms with van der Waals surface area (Å²) in [4.78, 5) is 41.2. The number of ether oxygens (including phenoxy) is 2. The molecular formula is C34H34N2O5S2. The standard InChI is InChI=1S/C34H34N2O5S2/c1-4-41-34(39)30-28-17-16-23(22-10-6-5-7-11-22)19-29(28)43-33(30)36-31(37)21(2)42-27-15-9-13-25(20-27)35-32(38)24-12-8-14-26(18-24)40-3/h5-15,18,20-21,23H,4,16-17,19H2,1-3H3,(H,35,38)(H,36,37). The number of anilines is 2. The summed E-state index contributed by atoms with van der Waals surface area (Å²) >= 11 is 2.85. The molecule has 0 bridgehead atoms. The number of hydrogen-bond acceptors (Lipinski definition) is 7. The predicted molar refractivity (Wildman–Crippen MR) is 173 cm³/mol. The Hall–Kier alpha value is -4.08. The maximum Gasteiger partial charge on any atom is 0.341 e. The minimum atomic E-state index is -0.462. The van der Waals surface area contributed by atoms with Gasteiger partial charge in [-0.2, -0.15) is 0 Å². The first-order valence-electron chi connectivity index (χ1n) is 14.3. The molecule has 4 aromatic rings. The van der Waals surface area contributed by atoms with Crippen LogP contribution in [-0.2, 0) is 22.4 Å². The monoisotopic (exact) mass is 614 g/mol. The highest BCUT2D eigenvalue weighted by atomic mass is 32.2. The minimum Gasteiger partial charge on any atom is -0.497 e. The summed E-state index contributed by atoms with van der Waals surface area (Å²) in [6, 6.07) is 24.7. The van der Waals surface area contributed by atoms with Crippen molar-refractivity contribution >= 4 is 51.6 Å². The third-order valence-electron chi connectivity index (χ3n) is 7.36. The number of fused-ring (bicyclic) bond motifs is 1. The van der Waals surface area contributed by atoms with E-state index in [0.717, 1.165) is 34.6 Å². The summed E-state index contributed by atoms with van der Waals surface area (Å²) in [5.74, 6) is 0.116. The SMILES string of the molecule is CCOC(=O)c1c(NC(=O)C(C)Sc2cccc(NC(=O)c3cccc(OC)c3)c2)sc2c1CCC(c1ccccc1)C2. The van der Waals surface area contributed by atoms with Crippen molar-refractivity contribution in [1.82, 2.24) is 0 Å². The van der Waals surface area contributed by atoms with Gasteiger partial charge in [0, 0.05) is 21.0 Å². The molecular weight excluding hydrogens is 581 g/mol. The molecule has 1 aliphatic carbocycles. The lowest BCUT2D eigenvalue weighted by atomic mass is 9.83. The second-order valence-electron chi connectivity index (χ2n) is 10.2. The average molecular weight is 615 g/mol. The van der Waals surface area contributed by atoms with Gasteiger partial charge in [-0.25, -0.2) is 4.79 Å². The van der Waals surface area contributed by atoms with Crippen LogP contribution in [0.1, 0.15) is 62.9 Å². The van der Waals surface area contributed by atoms with Gasteiger partial charge >= 0.3 is 5.97 Å². The lowest BCUT2D eigenvalue weighted by Crippen LogP contribution is -2.23. The zero-order chi connectivity index (χ0) is 30.3. The molecule has 1 aliphatic rings. The Morgan fingerprint density at radius 3 is 2.56 bits per heavy atom. The van der Waals surface area contributed by atoms with Crippen molar-refractivity contribution in [3.8, 4) is 5.75 Å². The number of methoxy groups -OCH3 is 1. The molecule has 0 radical (unpaired) electrons. The third-order valence-corrected chi connectivity index (χ3v) is 9.62. The maximum atomic E-state index is 13.4. The fourth-order valence-corrected chi connectivity index (χ4v) is 7.43. The Morgan fingerprint density at radius 1 is 1.00 bits per heavy atom. The van der Waals surface area contributed by atoms with Gasteiger partial charge in [-0.15, -0.1) is 23.1 Å². The fourth-order valence-electron chi connectivity index (χ4n) is 5.19. The normalized spacial score (nSPS) is 14.7. The second kappa shape index (κ2) is 13.9. The summed E-state index contributed by atoms with van der Waals surface area (Å²) in [7, 11) is 1.56. The number of amides is 2. The van der Waals surface area contributed by atoms with Gasteiger partial charge in [-0.3, -0.25) is 9.59 Å². The van der Waals surface area contributed by atoms with Gasteiger partial charge in [-0.05, 0) is 86.6 Å². The molecule has 0 saturated carbocycles. The smallest absolute Gasteiger partial charge is 0.341 e. The van der Waals surface area contributed by atoms with Crippen LogP contribution in [0.15, 0.2) is 83.8 Å². The number of nitrogens with one attached hydrogen (secondary N) is 2. The Morgan fingerprint density at radius 2 is 1.79 bits per heavy atom. The molecule has 1 aromatic heterocycles. The molecule has 1 heterocycles. The van der Waals surface area contributed by atoms with E-state index in [-0.39, 0.29) is 18.4 Å². The van der Waals surface area contributed by atoms with Gasteiger partial charge in [0.2, 0.25) is 5.91 Å². The van der Waals surface area contributed by atoms with Crippen molar-refractivity contribution in [3.05, 3.63) is 106 Å². The van der Waals surface area contributed by atoms with Crippen LogP contribution in [0.25, 0.3) is 0 Å². The number of esters is 1. The summed E-state index contributed by atoms with van der Waals surface area (Å²) in [6.45, 7) is 3.87. The quantitative estimate of drug-likeness (QED) is 0.141. The van der Waals surface area contributed by atoms with Gasteiger partial charge in [0.05, 0.1) is 24.5 Å². The van der Waals surface area contributed by atoms with Gasteiger partial charge in [-0.1, -0.05) is 42.5 Å². The van der Waals surface area contributed by atoms with Crippen LogP contribution >= 0.6 is 23.1 Å². The highest BCUT2D eigenvalue weighted by molar-refractivity contribution is 8.00. The van der Waals surface area contributed by atoms with Gasteiger partial charge in [0.15, 0.2) is 0 Å². The molecule has 7 nitrogen and oxygen atoms in total. The van der Waals surface area contributed by atoms with E-state index in [9.17, 15) is 14.4 Å². The van der Waals surface area contributed by atoms with E-state index in [0.29, 0.717) is 33.5 Å². The molecule has 0 aliphatic heterocycles. The van der Waals surface area contributed by atoms with E-state index in [1.807, 2.05) is 31.2 Å². The molecule has 0 spiro atoms. The van der Waals surface area contributed by atoms with E-state index in [2.05, 4.69) is 34.9 Å². The van der Waals surface area contributed by atoms with Crippen molar-refractivity contribution in [2.75, 3.05) is 24.4 Å². The minimum absolute atomic E-state index is 0.209. The zero-order valence-electron chi connectivity index (χ0n) is 24.3. The molecule has 0 saturated heterocycles. The number of carbonyl (C=O) groups excluding carboxylic acids is 3. The molecule has 222 valence electrons. The highest BCUT2D eigenvalue weighted by Gasteiger charge is 2.31. The van der Waals surface area contributed by atoms with E-state index >= 15 is 0 Å². The second-order valence-corrected chi connectivity index (χ2v) is 12.8. The Kier molecular flexibility index (Phi) is 9.84. The van der Waals surface area contributed by atoms with Crippen molar-refractivity contribution in [2.45, 2.75) is 49.2 Å². The van der Waals surface area contributed by atoms with Crippen LogP contribution in [0.3, 0.4) is 0 Å². The number of rotatable bonds is 10. The van der Waals surface area contributed by atoms with Gasteiger partial charge in [0.25, 0.3) is 5.91 Å². The van der Waals surface area contributed by atoms with Gasteiger partial charge < -0.3 is 20.1 Å². The van der Waals surface area contributed by atoms with Crippen LogP contribution in [0, 0.1) is 0 Å². The van der Waals surface area contributed by atoms with Crippen LogP contribution < -0.4 is 15.4 Å². The largest absolute Gasteiger partial charge is 0.497 e. The summed E-state index contributed by atoms with van der Waals surface area (Å²) in [6.07, 6.45) is 2.52. The molecule has 2 atom stereocenters. The molecule has 3 aromatic carbocycles.